The number of benzene rings is 2. The molecule has 2 rings (SSSR count). The van der Waals surface area contributed by atoms with E-state index in [9.17, 15) is 8.78 Å². The summed E-state index contributed by atoms with van der Waals surface area (Å²) in [6.07, 6.45) is 0. The van der Waals surface area contributed by atoms with Crippen molar-refractivity contribution in [2.24, 2.45) is 5.84 Å². The lowest BCUT2D eigenvalue weighted by Crippen LogP contribution is -2.29. The van der Waals surface area contributed by atoms with Crippen LogP contribution in [0.3, 0.4) is 0 Å². The molecule has 0 spiro atoms. The fourth-order valence-electron chi connectivity index (χ4n) is 2.04. The second-order valence-corrected chi connectivity index (χ2v) is 4.63. The Morgan fingerprint density at radius 3 is 2.37 bits per heavy atom. The molecule has 100 valence electrons. The lowest BCUT2D eigenvalue weighted by molar-refractivity contribution is 0.554. The average Bonchev–Trinajstić information content (AvgIpc) is 2.38. The molecule has 0 bridgehead atoms. The van der Waals surface area contributed by atoms with Crippen LogP contribution in [0.4, 0.5) is 8.78 Å². The van der Waals surface area contributed by atoms with Crippen LogP contribution in [0.25, 0.3) is 0 Å². The summed E-state index contributed by atoms with van der Waals surface area (Å²) < 4.78 is 27.5. The molecule has 0 radical (unpaired) electrons. The monoisotopic (exact) mass is 262 g/mol. The van der Waals surface area contributed by atoms with E-state index in [4.69, 9.17) is 5.84 Å². The number of nitrogens with two attached hydrogens (primary N) is 1. The van der Waals surface area contributed by atoms with Crippen LogP contribution in [-0.4, -0.2) is 0 Å². The van der Waals surface area contributed by atoms with Crippen molar-refractivity contribution in [1.82, 2.24) is 5.43 Å². The fraction of sp³-hybridized carbons (Fsp3) is 0.200. The highest BCUT2D eigenvalue weighted by molar-refractivity contribution is 5.36. The number of hydrogen-bond acceptors (Lipinski definition) is 2. The number of hydrazine groups is 1. The van der Waals surface area contributed by atoms with E-state index in [1.165, 1.54) is 12.1 Å². The summed E-state index contributed by atoms with van der Waals surface area (Å²) in [4.78, 5) is 0. The van der Waals surface area contributed by atoms with Gasteiger partial charge in [-0.3, -0.25) is 5.84 Å². The van der Waals surface area contributed by atoms with E-state index in [0.717, 1.165) is 5.56 Å². The van der Waals surface area contributed by atoms with E-state index in [2.05, 4.69) is 5.43 Å². The first-order valence-corrected chi connectivity index (χ1v) is 6.01. The molecule has 3 N–H and O–H groups in total. The Morgan fingerprint density at radius 2 is 1.74 bits per heavy atom. The molecule has 0 aromatic heterocycles. The summed E-state index contributed by atoms with van der Waals surface area (Å²) in [5, 5.41) is 0. The van der Waals surface area contributed by atoms with Gasteiger partial charge in [-0.05, 0) is 37.1 Å². The maximum atomic E-state index is 13.9. The highest BCUT2D eigenvalue weighted by Gasteiger charge is 2.17. The van der Waals surface area contributed by atoms with Crippen molar-refractivity contribution in [2.75, 3.05) is 0 Å². The fourth-order valence-corrected chi connectivity index (χ4v) is 2.04. The first kappa shape index (κ1) is 13.6. The van der Waals surface area contributed by atoms with Gasteiger partial charge in [0.05, 0.1) is 6.04 Å². The molecule has 1 atom stereocenters. The Morgan fingerprint density at radius 1 is 1.00 bits per heavy atom. The zero-order valence-electron chi connectivity index (χ0n) is 10.9. The number of aryl methyl sites for hydroxylation is 2. The molecule has 0 aliphatic rings. The van der Waals surface area contributed by atoms with Gasteiger partial charge in [-0.15, -0.1) is 0 Å². The molecule has 1 unspecified atom stereocenters. The molecular formula is C15H16F2N2. The highest BCUT2D eigenvalue weighted by Crippen LogP contribution is 2.26. The molecule has 0 heterocycles. The summed E-state index contributed by atoms with van der Waals surface area (Å²) >= 11 is 0. The van der Waals surface area contributed by atoms with Crippen molar-refractivity contribution in [3.05, 3.63) is 70.3 Å². The van der Waals surface area contributed by atoms with Gasteiger partial charge in [-0.1, -0.05) is 29.8 Å². The molecule has 19 heavy (non-hydrogen) atoms. The third-order valence-electron chi connectivity index (χ3n) is 3.16. The molecule has 0 saturated heterocycles. The second-order valence-electron chi connectivity index (χ2n) is 4.63. The van der Waals surface area contributed by atoms with Gasteiger partial charge in [-0.25, -0.2) is 14.2 Å². The molecule has 0 saturated carbocycles. The molecule has 2 aromatic carbocycles. The third-order valence-corrected chi connectivity index (χ3v) is 3.16. The highest BCUT2D eigenvalue weighted by atomic mass is 19.1. The van der Waals surface area contributed by atoms with Gasteiger partial charge in [0.15, 0.2) is 0 Å². The molecule has 4 heteroatoms. The molecule has 0 fully saturated rings. The Hall–Kier alpha value is -1.78. The summed E-state index contributed by atoms with van der Waals surface area (Å²) in [5.74, 6) is 4.81. The number of halogens is 2. The van der Waals surface area contributed by atoms with E-state index in [-0.39, 0.29) is 11.6 Å². The average molecular weight is 262 g/mol. The zero-order chi connectivity index (χ0) is 14.0. The van der Waals surface area contributed by atoms with Crippen molar-refractivity contribution in [3.8, 4) is 0 Å². The van der Waals surface area contributed by atoms with Crippen LogP contribution in [-0.2, 0) is 0 Å². The molecular weight excluding hydrogens is 246 g/mol. The molecule has 2 nitrogen and oxygen atoms in total. The minimum Gasteiger partial charge on any atom is -0.271 e. The van der Waals surface area contributed by atoms with Crippen molar-refractivity contribution in [1.29, 1.82) is 0 Å². The van der Waals surface area contributed by atoms with Gasteiger partial charge in [-0.2, -0.15) is 0 Å². The van der Waals surface area contributed by atoms with E-state index in [1.807, 2.05) is 6.92 Å². The van der Waals surface area contributed by atoms with E-state index in [0.29, 0.717) is 16.7 Å². The topological polar surface area (TPSA) is 38.0 Å². The molecule has 2 aromatic rings. The van der Waals surface area contributed by atoms with Crippen LogP contribution in [0.15, 0.2) is 36.4 Å². The van der Waals surface area contributed by atoms with Crippen molar-refractivity contribution in [2.45, 2.75) is 19.9 Å². The van der Waals surface area contributed by atoms with Crippen LogP contribution < -0.4 is 11.3 Å². The molecule has 0 aliphatic heterocycles. The van der Waals surface area contributed by atoms with Crippen molar-refractivity contribution < 1.29 is 8.78 Å². The van der Waals surface area contributed by atoms with Crippen molar-refractivity contribution in [3.63, 3.8) is 0 Å². The van der Waals surface area contributed by atoms with Crippen LogP contribution >= 0.6 is 0 Å². The number of rotatable bonds is 3. The van der Waals surface area contributed by atoms with Crippen LogP contribution in [0, 0.1) is 25.5 Å². The lowest BCUT2D eigenvalue weighted by atomic mass is 9.96. The SMILES string of the molecule is Cc1ccc(F)c(C(NN)c2ccc(C)c(F)c2)c1. The third kappa shape index (κ3) is 2.80. The standard InChI is InChI=1S/C15H16F2N2/c1-9-3-6-13(16)12(7-9)15(19-18)11-5-4-10(2)14(17)8-11/h3-8,15,19H,18H2,1-2H3. The predicted octanol–water partition coefficient (Wildman–Crippen LogP) is 3.13. The quantitative estimate of drug-likeness (QED) is 0.658. The normalized spacial score (nSPS) is 12.5. The van der Waals surface area contributed by atoms with E-state index >= 15 is 0 Å². The maximum absolute atomic E-state index is 13.9. The number of nitrogens with one attached hydrogen (secondary N) is 1. The number of hydrogen-bond donors (Lipinski definition) is 2. The van der Waals surface area contributed by atoms with Gasteiger partial charge in [0, 0.05) is 5.56 Å². The predicted molar refractivity (Wildman–Crippen MR) is 71.4 cm³/mol. The van der Waals surface area contributed by atoms with Gasteiger partial charge in [0.2, 0.25) is 0 Å². The first-order chi connectivity index (χ1) is 9.02. The molecule has 0 amide bonds. The largest absolute Gasteiger partial charge is 0.271 e. The van der Waals surface area contributed by atoms with Crippen LogP contribution in [0.1, 0.15) is 28.3 Å². The Labute approximate surface area is 111 Å². The summed E-state index contributed by atoms with van der Waals surface area (Å²) in [7, 11) is 0. The smallest absolute Gasteiger partial charge is 0.128 e. The molecule has 0 aliphatic carbocycles. The second kappa shape index (κ2) is 5.47. The van der Waals surface area contributed by atoms with Crippen LogP contribution in [0.2, 0.25) is 0 Å². The maximum Gasteiger partial charge on any atom is 0.128 e. The lowest BCUT2D eigenvalue weighted by Gasteiger charge is -2.18. The zero-order valence-corrected chi connectivity index (χ0v) is 10.9. The van der Waals surface area contributed by atoms with Gasteiger partial charge < -0.3 is 0 Å². The minimum atomic E-state index is -0.574. The Bertz CT molecular complexity index is 597. The van der Waals surface area contributed by atoms with E-state index < -0.39 is 6.04 Å². The van der Waals surface area contributed by atoms with Gasteiger partial charge in [0.1, 0.15) is 11.6 Å². The Balaban J connectivity index is 2.49. The van der Waals surface area contributed by atoms with E-state index in [1.54, 1.807) is 31.2 Å². The summed E-state index contributed by atoms with van der Waals surface area (Å²) in [6.45, 7) is 3.55. The van der Waals surface area contributed by atoms with Gasteiger partial charge >= 0.3 is 0 Å². The first-order valence-electron chi connectivity index (χ1n) is 6.01. The summed E-state index contributed by atoms with van der Waals surface area (Å²) in [5.41, 5.74) is 5.01. The minimum absolute atomic E-state index is 0.328. The van der Waals surface area contributed by atoms with Gasteiger partial charge in [0.25, 0.3) is 0 Å². The van der Waals surface area contributed by atoms with Crippen LogP contribution in [0.5, 0.6) is 0 Å². The Kier molecular flexibility index (Phi) is 3.93. The summed E-state index contributed by atoms with van der Waals surface area (Å²) in [6, 6.07) is 8.98. The van der Waals surface area contributed by atoms with Crippen molar-refractivity contribution >= 4 is 0 Å².